The third-order valence-corrected chi connectivity index (χ3v) is 3.84. The first-order chi connectivity index (χ1) is 13.0. The molecule has 2 aromatic rings. The number of hydrogen-bond donors (Lipinski definition) is 3. The van der Waals surface area contributed by atoms with Crippen molar-refractivity contribution in [3.05, 3.63) is 65.5 Å². The molecule has 0 saturated carbocycles. The molecule has 0 saturated heterocycles. The lowest BCUT2D eigenvalue weighted by atomic mass is 10.1. The van der Waals surface area contributed by atoms with Crippen molar-refractivity contribution in [2.24, 2.45) is 10.9 Å². The minimum absolute atomic E-state index is 0. The third-order valence-electron chi connectivity index (χ3n) is 3.84. The van der Waals surface area contributed by atoms with Gasteiger partial charge in [0.25, 0.3) is 0 Å². The summed E-state index contributed by atoms with van der Waals surface area (Å²) in [4.78, 5) is 16.1. The van der Waals surface area contributed by atoms with Crippen LogP contribution in [-0.2, 0) is 17.9 Å². The maximum atomic E-state index is 13.2. The van der Waals surface area contributed by atoms with E-state index in [1.54, 1.807) is 13.1 Å². The SMILES string of the molecule is CN=C(NCc1cccc(F)c1)NCc1cccc(NC(=O)CC(C)C)c1.I. The summed E-state index contributed by atoms with van der Waals surface area (Å²) in [6.45, 7) is 5.06. The van der Waals surface area contributed by atoms with Gasteiger partial charge in [-0.1, -0.05) is 38.1 Å². The molecular weight excluding hydrogens is 470 g/mol. The molecule has 28 heavy (non-hydrogen) atoms. The van der Waals surface area contributed by atoms with Crippen LogP contribution in [0, 0.1) is 11.7 Å². The van der Waals surface area contributed by atoms with E-state index < -0.39 is 0 Å². The Labute approximate surface area is 183 Å². The molecule has 5 nitrogen and oxygen atoms in total. The Hall–Kier alpha value is -2.16. The molecule has 0 atom stereocenters. The minimum atomic E-state index is -0.256. The molecule has 0 aliphatic heterocycles. The lowest BCUT2D eigenvalue weighted by Crippen LogP contribution is -2.36. The Kier molecular flexibility index (Phi) is 10.5. The van der Waals surface area contributed by atoms with Gasteiger partial charge in [-0.05, 0) is 41.3 Å². The largest absolute Gasteiger partial charge is 0.352 e. The summed E-state index contributed by atoms with van der Waals surface area (Å²) >= 11 is 0. The molecule has 3 N–H and O–H groups in total. The van der Waals surface area contributed by atoms with Crippen molar-refractivity contribution in [2.75, 3.05) is 12.4 Å². The molecule has 0 radical (unpaired) electrons. The molecule has 0 aliphatic carbocycles. The molecule has 0 aliphatic rings. The lowest BCUT2D eigenvalue weighted by molar-refractivity contribution is -0.116. The molecule has 0 heterocycles. The van der Waals surface area contributed by atoms with E-state index in [-0.39, 0.29) is 35.7 Å². The number of nitrogens with zero attached hydrogens (tertiary/aromatic N) is 1. The highest BCUT2D eigenvalue weighted by Crippen LogP contribution is 2.12. The summed E-state index contributed by atoms with van der Waals surface area (Å²) in [7, 11) is 1.68. The van der Waals surface area contributed by atoms with Crippen LogP contribution < -0.4 is 16.0 Å². The zero-order valence-electron chi connectivity index (χ0n) is 16.5. The monoisotopic (exact) mass is 498 g/mol. The number of amides is 1. The van der Waals surface area contributed by atoms with Crippen LogP contribution >= 0.6 is 24.0 Å². The van der Waals surface area contributed by atoms with Crippen molar-refractivity contribution in [2.45, 2.75) is 33.4 Å². The van der Waals surface area contributed by atoms with E-state index in [0.29, 0.717) is 31.4 Å². The molecule has 7 heteroatoms. The first-order valence-corrected chi connectivity index (χ1v) is 9.04. The van der Waals surface area contributed by atoms with E-state index in [1.165, 1.54) is 12.1 Å². The highest BCUT2D eigenvalue weighted by atomic mass is 127. The molecule has 0 aromatic heterocycles. The van der Waals surface area contributed by atoms with Crippen LogP contribution in [0.3, 0.4) is 0 Å². The summed E-state index contributed by atoms with van der Waals surface area (Å²) in [5.74, 6) is 0.701. The fourth-order valence-corrected chi connectivity index (χ4v) is 2.58. The standard InChI is InChI=1S/C21H27FN4O.HI/c1-15(2)10-20(27)26-19-9-5-7-17(12-19)14-25-21(23-3)24-13-16-6-4-8-18(22)11-16;/h4-9,11-12,15H,10,13-14H2,1-3H3,(H,26,27)(H2,23,24,25);1H. The Morgan fingerprint density at radius 3 is 2.21 bits per heavy atom. The molecule has 0 unspecified atom stereocenters. The van der Waals surface area contributed by atoms with Gasteiger partial charge in [0.05, 0.1) is 0 Å². The second-order valence-electron chi connectivity index (χ2n) is 6.76. The van der Waals surface area contributed by atoms with Crippen molar-refractivity contribution in [3.63, 3.8) is 0 Å². The number of carbonyl (C=O) groups is 1. The molecule has 0 bridgehead atoms. The van der Waals surface area contributed by atoms with Crippen LogP contribution in [0.5, 0.6) is 0 Å². The van der Waals surface area contributed by atoms with E-state index in [4.69, 9.17) is 0 Å². The van der Waals surface area contributed by atoms with Crippen molar-refractivity contribution < 1.29 is 9.18 Å². The highest BCUT2D eigenvalue weighted by molar-refractivity contribution is 14.0. The Morgan fingerprint density at radius 2 is 1.64 bits per heavy atom. The molecular formula is C21H28FIN4O. The van der Waals surface area contributed by atoms with Crippen LogP contribution in [0.2, 0.25) is 0 Å². The summed E-state index contributed by atoms with van der Waals surface area (Å²) in [5.41, 5.74) is 2.64. The molecule has 2 rings (SSSR count). The van der Waals surface area contributed by atoms with Crippen LogP contribution in [0.25, 0.3) is 0 Å². The van der Waals surface area contributed by atoms with Crippen LogP contribution in [-0.4, -0.2) is 18.9 Å². The number of anilines is 1. The number of carbonyl (C=O) groups excluding carboxylic acids is 1. The van der Waals surface area contributed by atoms with Gasteiger partial charge in [0.1, 0.15) is 5.82 Å². The van der Waals surface area contributed by atoms with Gasteiger partial charge in [-0.2, -0.15) is 0 Å². The minimum Gasteiger partial charge on any atom is -0.352 e. The second kappa shape index (κ2) is 12.3. The van der Waals surface area contributed by atoms with Gasteiger partial charge in [-0.25, -0.2) is 4.39 Å². The van der Waals surface area contributed by atoms with Crippen molar-refractivity contribution >= 4 is 41.5 Å². The second-order valence-corrected chi connectivity index (χ2v) is 6.76. The van der Waals surface area contributed by atoms with Crippen molar-refractivity contribution in [3.8, 4) is 0 Å². The number of nitrogens with one attached hydrogen (secondary N) is 3. The normalized spacial score (nSPS) is 11.0. The number of rotatable bonds is 7. The number of halogens is 2. The molecule has 0 spiro atoms. The van der Waals surface area contributed by atoms with E-state index in [9.17, 15) is 9.18 Å². The first kappa shape index (κ1) is 23.9. The van der Waals surface area contributed by atoms with Crippen molar-refractivity contribution in [1.29, 1.82) is 0 Å². The predicted molar refractivity (Wildman–Crippen MR) is 123 cm³/mol. The van der Waals surface area contributed by atoms with E-state index in [2.05, 4.69) is 20.9 Å². The summed E-state index contributed by atoms with van der Waals surface area (Å²) in [6, 6.07) is 14.1. The quantitative estimate of drug-likeness (QED) is 0.303. The maximum absolute atomic E-state index is 13.2. The van der Waals surface area contributed by atoms with Crippen LogP contribution in [0.4, 0.5) is 10.1 Å². The fraction of sp³-hybridized carbons (Fsp3) is 0.333. The molecule has 1 amide bonds. The smallest absolute Gasteiger partial charge is 0.224 e. The average Bonchev–Trinajstić information content (AvgIpc) is 2.61. The maximum Gasteiger partial charge on any atom is 0.224 e. The summed E-state index contributed by atoms with van der Waals surface area (Å²) < 4.78 is 13.2. The van der Waals surface area contributed by atoms with Gasteiger partial charge < -0.3 is 16.0 Å². The van der Waals surface area contributed by atoms with E-state index in [0.717, 1.165) is 16.8 Å². The third kappa shape index (κ3) is 8.69. The zero-order valence-corrected chi connectivity index (χ0v) is 18.8. The Balaban J connectivity index is 0.00000392. The molecule has 0 fully saturated rings. The Morgan fingerprint density at radius 1 is 1.04 bits per heavy atom. The number of guanidine groups is 1. The summed E-state index contributed by atoms with van der Waals surface area (Å²) in [5, 5.41) is 9.29. The van der Waals surface area contributed by atoms with Crippen LogP contribution in [0.1, 0.15) is 31.4 Å². The van der Waals surface area contributed by atoms with Gasteiger partial charge in [-0.3, -0.25) is 9.79 Å². The van der Waals surface area contributed by atoms with Crippen LogP contribution in [0.15, 0.2) is 53.5 Å². The number of aliphatic imine (C=N–C) groups is 1. The van der Waals surface area contributed by atoms with Gasteiger partial charge in [0.2, 0.25) is 5.91 Å². The fourth-order valence-electron chi connectivity index (χ4n) is 2.58. The highest BCUT2D eigenvalue weighted by Gasteiger charge is 2.06. The molecule has 152 valence electrons. The van der Waals surface area contributed by atoms with Crippen molar-refractivity contribution in [1.82, 2.24) is 10.6 Å². The summed E-state index contributed by atoms with van der Waals surface area (Å²) in [6.07, 6.45) is 0.499. The number of benzene rings is 2. The number of hydrogen-bond acceptors (Lipinski definition) is 2. The molecule has 2 aromatic carbocycles. The average molecular weight is 498 g/mol. The zero-order chi connectivity index (χ0) is 19.6. The van der Waals surface area contributed by atoms with Gasteiger partial charge >= 0.3 is 0 Å². The first-order valence-electron chi connectivity index (χ1n) is 9.04. The predicted octanol–water partition coefficient (Wildman–Crippen LogP) is 4.29. The topological polar surface area (TPSA) is 65.5 Å². The lowest BCUT2D eigenvalue weighted by Gasteiger charge is -2.13. The van der Waals surface area contributed by atoms with Gasteiger partial charge in [0.15, 0.2) is 5.96 Å². The van der Waals surface area contributed by atoms with E-state index in [1.807, 2.05) is 44.2 Å². The van der Waals surface area contributed by atoms with Gasteiger partial charge in [-0.15, -0.1) is 24.0 Å². The Bertz CT molecular complexity index is 795. The van der Waals surface area contributed by atoms with Gasteiger partial charge in [0, 0.05) is 32.2 Å². The van der Waals surface area contributed by atoms with E-state index >= 15 is 0 Å².